The maximum Gasteiger partial charge on any atom is 0.315 e. The first kappa shape index (κ1) is 16.8. The maximum atomic E-state index is 11.7. The van der Waals surface area contributed by atoms with Crippen LogP contribution in [0.3, 0.4) is 0 Å². The highest BCUT2D eigenvalue weighted by atomic mass is 16.5. The second-order valence-corrected chi connectivity index (χ2v) is 5.26. The number of carbonyl (C=O) groups is 1. The van der Waals surface area contributed by atoms with Crippen LogP contribution in [0, 0.1) is 0 Å². The van der Waals surface area contributed by atoms with E-state index in [4.69, 9.17) is 4.74 Å². The van der Waals surface area contributed by atoms with E-state index in [9.17, 15) is 9.90 Å². The van der Waals surface area contributed by atoms with E-state index in [1.54, 1.807) is 7.11 Å². The summed E-state index contributed by atoms with van der Waals surface area (Å²) >= 11 is 0. The van der Waals surface area contributed by atoms with Crippen molar-refractivity contribution >= 4 is 6.03 Å². The fourth-order valence-corrected chi connectivity index (χ4v) is 2.16. The normalized spacial score (nSPS) is 11.6. The molecule has 2 aromatic rings. The average Bonchev–Trinajstić information content (AvgIpc) is 2.59. The van der Waals surface area contributed by atoms with Gasteiger partial charge in [-0.15, -0.1) is 0 Å². The average molecular weight is 314 g/mol. The molecular formula is C18H22N2O3. The van der Waals surface area contributed by atoms with Crippen LogP contribution < -0.4 is 15.4 Å². The zero-order valence-electron chi connectivity index (χ0n) is 13.2. The fourth-order valence-electron chi connectivity index (χ4n) is 2.16. The minimum absolute atomic E-state index is 0.212. The van der Waals surface area contributed by atoms with Crippen LogP contribution in [0.2, 0.25) is 0 Å². The molecule has 0 aliphatic rings. The van der Waals surface area contributed by atoms with Crippen LogP contribution in [0.4, 0.5) is 4.79 Å². The van der Waals surface area contributed by atoms with Gasteiger partial charge < -0.3 is 20.5 Å². The molecule has 0 aliphatic heterocycles. The molecule has 0 fully saturated rings. The number of benzene rings is 2. The van der Waals surface area contributed by atoms with Crippen molar-refractivity contribution in [3.8, 4) is 5.75 Å². The number of aliphatic hydroxyl groups is 1. The second kappa shape index (κ2) is 8.80. The number of aliphatic hydroxyl groups excluding tert-OH is 1. The van der Waals surface area contributed by atoms with Crippen LogP contribution in [0.5, 0.6) is 5.75 Å². The van der Waals surface area contributed by atoms with Gasteiger partial charge in [-0.2, -0.15) is 0 Å². The number of methoxy groups -OCH3 is 1. The van der Waals surface area contributed by atoms with Gasteiger partial charge in [0.15, 0.2) is 0 Å². The van der Waals surface area contributed by atoms with Crippen molar-refractivity contribution in [1.29, 1.82) is 0 Å². The SMILES string of the molecule is COc1ccc(CNC(=O)NC[C@@H](O)Cc2ccccc2)cc1. The molecule has 0 saturated heterocycles. The summed E-state index contributed by atoms with van der Waals surface area (Å²) in [6.45, 7) is 0.633. The van der Waals surface area contributed by atoms with E-state index in [1.165, 1.54) is 0 Å². The van der Waals surface area contributed by atoms with Crippen molar-refractivity contribution in [1.82, 2.24) is 10.6 Å². The van der Waals surface area contributed by atoms with E-state index in [1.807, 2.05) is 54.6 Å². The van der Waals surface area contributed by atoms with E-state index >= 15 is 0 Å². The Morgan fingerprint density at radius 2 is 1.74 bits per heavy atom. The summed E-state index contributed by atoms with van der Waals surface area (Å²) in [5.74, 6) is 0.780. The number of nitrogens with one attached hydrogen (secondary N) is 2. The van der Waals surface area contributed by atoms with Crippen molar-refractivity contribution in [2.75, 3.05) is 13.7 Å². The maximum absolute atomic E-state index is 11.7. The van der Waals surface area contributed by atoms with Gasteiger partial charge in [0.2, 0.25) is 0 Å². The van der Waals surface area contributed by atoms with Gasteiger partial charge in [-0.3, -0.25) is 0 Å². The molecule has 2 aromatic carbocycles. The molecule has 5 nitrogen and oxygen atoms in total. The topological polar surface area (TPSA) is 70.6 Å². The molecule has 0 spiro atoms. The highest BCUT2D eigenvalue weighted by Gasteiger charge is 2.07. The minimum Gasteiger partial charge on any atom is -0.497 e. The van der Waals surface area contributed by atoms with Gasteiger partial charge in [0.1, 0.15) is 5.75 Å². The molecule has 0 saturated carbocycles. The Hall–Kier alpha value is -2.53. The van der Waals surface area contributed by atoms with Crippen LogP contribution >= 0.6 is 0 Å². The molecule has 0 bridgehead atoms. The molecule has 23 heavy (non-hydrogen) atoms. The second-order valence-electron chi connectivity index (χ2n) is 5.26. The number of carbonyl (C=O) groups excluding carboxylic acids is 1. The van der Waals surface area contributed by atoms with Crippen molar-refractivity contribution < 1.29 is 14.6 Å². The summed E-state index contributed by atoms with van der Waals surface area (Å²) in [4.78, 5) is 11.7. The Bertz CT molecular complexity index is 599. The first-order chi connectivity index (χ1) is 11.2. The van der Waals surface area contributed by atoms with Gasteiger partial charge in [0.05, 0.1) is 13.2 Å². The van der Waals surface area contributed by atoms with E-state index in [-0.39, 0.29) is 12.6 Å². The number of hydrogen-bond acceptors (Lipinski definition) is 3. The number of urea groups is 1. The summed E-state index contributed by atoms with van der Waals surface area (Å²) in [5.41, 5.74) is 2.02. The van der Waals surface area contributed by atoms with Crippen LogP contribution in [-0.4, -0.2) is 30.9 Å². The molecule has 0 aromatic heterocycles. The van der Waals surface area contributed by atoms with Gasteiger partial charge >= 0.3 is 6.03 Å². The Balaban J connectivity index is 1.68. The lowest BCUT2D eigenvalue weighted by Crippen LogP contribution is -2.39. The monoisotopic (exact) mass is 314 g/mol. The molecule has 0 radical (unpaired) electrons. The molecular weight excluding hydrogens is 292 g/mol. The Morgan fingerprint density at radius 1 is 1.04 bits per heavy atom. The quantitative estimate of drug-likeness (QED) is 0.733. The summed E-state index contributed by atoms with van der Waals surface area (Å²) in [5, 5.41) is 15.4. The van der Waals surface area contributed by atoms with Gasteiger partial charge in [0.25, 0.3) is 0 Å². The number of hydrogen-bond donors (Lipinski definition) is 3. The van der Waals surface area contributed by atoms with Crippen molar-refractivity contribution in [2.24, 2.45) is 0 Å². The molecule has 5 heteroatoms. The van der Waals surface area contributed by atoms with E-state index in [0.717, 1.165) is 16.9 Å². The summed E-state index contributed by atoms with van der Waals surface area (Å²) < 4.78 is 5.08. The Labute approximate surface area is 136 Å². The molecule has 0 heterocycles. The predicted molar refractivity (Wildman–Crippen MR) is 89.4 cm³/mol. The number of ether oxygens (including phenoxy) is 1. The molecule has 2 amide bonds. The van der Waals surface area contributed by atoms with Crippen LogP contribution in [0.1, 0.15) is 11.1 Å². The lowest BCUT2D eigenvalue weighted by atomic mass is 10.1. The third kappa shape index (κ3) is 6.00. The predicted octanol–water partition coefficient (Wildman–Crippen LogP) is 2.10. The summed E-state index contributed by atoms with van der Waals surface area (Å²) in [7, 11) is 1.61. The van der Waals surface area contributed by atoms with Gasteiger partial charge in [-0.05, 0) is 23.3 Å². The first-order valence-electron chi connectivity index (χ1n) is 7.54. The molecule has 2 rings (SSSR count). The van der Waals surface area contributed by atoms with E-state index in [2.05, 4.69) is 10.6 Å². The van der Waals surface area contributed by atoms with Gasteiger partial charge in [-0.25, -0.2) is 4.79 Å². The Kier molecular flexibility index (Phi) is 6.44. The van der Waals surface area contributed by atoms with E-state index in [0.29, 0.717) is 13.0 Å². The molecule has 1 atom stereocenters. The Morgan fingerprint density at radius 3 is 2.39 bits per heavy atom. The van der Waals surface area contributed by atoms with Gasteiger partial charge in [-0.1, -0.05) is 42.5 Å². The molecule has 0 aliphatic carbocycles. The van der Waals surface area contributed by atoms with E-state index < -0.39 is 6.10 Å². The van der Waals surface area contributed by atoms with Crippen LogP contribution in [0.25, 0.3) is 0 Å². The largest absolute Gasteiger partial charge is 0.497 e. The highest BCUT2D eigenvalue weighted by Crippen LogP contribution is 2.10. The number of rotatable bonds is 7. The lowest BCUT2D eigenvalue weighted by molar-refractivity contribution is 0.170. The smallest absolute Gasteiger partial charge is 0.315 e. The van der Waals surface area contributed by atoms with Crippen molar-refractivity contribution in [3.05, 3.63) is 65.7 Å². The van der Waals surface area contributed by atoms with Gasteiger partial charge in [0, 0.05) is 19.5 Å². The zero-order chi connectivity index (χ0) is 16.5. The van der Waals surface area contributed by atoms with Crippen LogP contribution in [-0.2, 0) is 13.0 Å². The zero-order valence-corrected chi connectivity index (χ0v) is 13.2. The third-order valence-corrected chi connectivity index (χ3v) is 3.42. The highest BCUT2D eigenvalue weighted by molar-refractivity contribution is 5.73. The lowest BCUT2D eigenvalue weighted by Gasteiger charge is -2.13. The van der Waals surface area contributed by atoms with Crippen LogP contribution in [0.15, 0.2) is 54.6 Å². The molecule has 0 unspecified atom stereocenters. The van der Waals surface area contributed by atoms with Crippen molar-refractivity contribution in [3.63, 3.8) is 0 Å². The minimum atomic E-state index is -0.607. The standard InChI is InChI=1S/C18H22N2O3/c1-23-17-9-7-15(8-10-17)12-19-18(22)20-13-16(21)11-14-5-3-2-4-6-14/h2-10,16,21H,11-13H2,1H3,(H2,19,20,22)/t16-/m0/s1. The summed E-state index contributed by atoms with van der Waals surface area (Å²) in [6, 6.07) is 16.9. The molecule has 3 N–H and O–H groups in total. The first-order valence-corrected chi connectivity index (χ1v) is 7.54. The third-order valence-electron chi connectivity index (χ3n) is 3.42. The molecule has 122 valence electrons. The fraction of sp³-hybridized carbons (Fsp3) is 0.278. The van der Waals surface area contributed by atoms with Crippen molar-refractivity contribution in [2.45, 2.75) is 19.1 Å². The summed E-state index contributed by atoms with van der Waals surface area (Å²) in [6.07, 6.45) is -0.0938. The number of amides is 2.